The lowest BCUT2D eigenvalue weighted by molar-refractivity contribution is -0.274. The summed E-state index contributed by atoms with van der Waals surface area (Å²) in [5.41, 5.74) is 0.715. The minimum absolute atomic E-state index is 0.202. The zero-order chi connectivity index (χ0) is 14.6. The number of rotatable bonds is 4. The highest BCUT2D eigenvalue weighted by Gasteiger charge is 2.31. The second-order valence-corrected chi connectivity index (χ2v) is 4.78. The molecule has 1 aliphatic rings. The Balaban J connectivity index is 2.06. The molecule has 3 nitrogen and oxygen atoms in total. The second-order valence-electron chi connectivity index (χ2n) is 4.78. The molecule has 1 aromatic carbocycles. The van der Waals surface area contributed by atoms with Crippen LogP contribution in [0.5, 0.6) is 5.75 Å². The molecule has 6 heteroatoms. The zero-order valence-corrected chi connectivity index (χ0v) is 11.3. The van der Waals surface area contributed by atoms with E-state index in [-0.39, 0.29) is 11.9 Å². The van der Waals surface area contributed by atoms with Crippen molar-refractivity contribution < 1.29 is 22.6 Å². The summed E-state index contributed by atoms with van der Waals surface area (Å²) < 4.78 is 46.2. The van der Waals surface area contributed by atoms with Crippen molar-refractivity contribution in [3.8, 4) is 5.75 Å². The van der Waals surface area contributed by atoms with Crippen LogP contribution in [0, 0.1) is 0 Å². The maximum absolute atomic E-state index is 12.2. The molecule has 2 rings (SSSR count). The van der Waals surface area contributed by atoms with Gasteiger partial charge < -0.3 is 9.47 Å². The number of benzene rings is 1. The molecule has 0 N–H and O–H groups in total. The Kier molecular flexibility index (Phi) is 4.88. The van der Waals surface area contributed by atoms with E-state index in [1.165, 1.54) is 12.1 Å². The largest absolute Gasteiger partial charge is 0.573 e. The Labute approximate surface area is 116 Å². The average Bonchev–Trinajstić information content (AvgIpc) is 2.38. The van der Waals surface area contributed by atoms with Gasteiger partial charge in [-0.2, -0.15) is 0 Å². The summed E-state index contributed by atoms with van der Waals surface area (Å²) in [6.07, 6.45) is -3.82. The van der Waals surface area contributed by atoms with Crippen molar-refractivity contribution in [3.63, 3.8) is 0 Å². The van der Waals surface area contributed by atoms with Crippen molar-refractivity contribution in [2.45, 2.75) is 25.8 Å². The monoisotopic (exact) mass is 289 g/mol. The quantitative estimate of drug-likeness (QED) is 0.848. The predicted octanol–water partition coefficient (Wildman–Crippen LogP) is 3.37. The standard InChI is InChI=1S/C14H18F3NO2/c1-2-6-18-7-8-19-13(10-18)11-4-3-5-12(9-11)20-14(15,16)17/h3-5,9,13H,2,6-8,10H2,1H3. The third-order valence-electron chi connectivity index (χ3n) is 3.15. The van der Waals surface area contributed by atoms with Gasteiger partial charge in [-0.05, 0) is 30.7 Å². The average molecular weight is 289 g/mol. The number of hydrogen-bond donors (Lipinski definition) is 0. The fraction of sp³-hybridized carbons (Fsp3) is 0.571. The summed E-state index contributed by atoms with van der Waals surface area (Å²) in [4.78, 5) is 2.26. The Hall–Kier alpha value is -1.27. The van der Waals surface area contributed by atoms with Crippen LogP contribution in [0.1, 0.15) is 25.0 Å². The molecule has 0 bridgehead atoms. The molecule has 112 valence electrons. The fourth-order valence-corrected chi connectivity index (χ4v) is 2.34. The first kappa shape index (κ1) is 15.1. The van der Waals surface area contributed by atoms with Crippen molar-refractivity contribution in [3.05, 3.63) is 29.8 Å². The molecule has 1 atom stereocenters. The first-order chi connectivity index (χ1) is 9.48. The van der Waals surface area contributed by atoms with Gasteiger partial charge in [0.15, 0.2) is 0 Å². The molecule has 0 amide bonds. The number of halogens is 3. The van der Waals surface area contributed by atoms with Crippen LogP contribution in [0.3, 0.4) is 0 Å². The van der Waals surface area contributed by atoms with Crippen LogP contribution in [-0.4, -0.2) is 37.5 Å². The molecule has 1 aromatic rings. The van der Waals surface area contributed by atoms with Crippen molar-refractivity contribution in [1.29, 1.82) is 0 Å². The van der Waals surface area contributed by atoms with Gasteiger partial charge in [-0.25, -0.2) is 0 Å². The minimum atomic E-state index is -4.67. The number of alkyl halides is 3. The van der Waals surface area contributed by atoms with Crippen LogP contribution in [0.4, 0.5) is 13.2 Å². The fourth-order valence-electron chi connectivity index (χ4n) is 2.34. The smallest absolute Gasteiger partial charge is 0.406 e. The van der Waals surface area contributed by atoms with Gasteiger partial charge in [0.05, 0.1) is 12.7 Å². The Morgan fingerprint density at radius 2 is 2.20 bits per heavy atom. The van der Waals surface area contributed by atoms with Gasteiger partial charge in [-0.15, -0.1) is 13.2 Å². The van der Waals surface area contributed by atoms with Gasteiger partial charge in [0, 0.05) is 13.1 Å². The molecule has 20 heavy (non-hydrogen) atoms. The molecule has 1 aliphatic heterocycles. The summed E-state index contributed by atoms with van der Waals surface area (Å²) in [6, 6.07) is 6.01. The van der Waals surface area contributed by atoms with E-state index in [1.807, 2.05) is 0 Å². The molecule has 0 radical (unpaired) electrons. The number of morpholine rings is 1. The van der Waals surface area contributed by atoms with Gasteiger partial charge >= 0.3 is 6.36 Å². The predicted molar refractivity (Wildman–Crippen MR) is 68.5 cm³/mol. The third kappa shape index (κ3) is 4.38. The lowest BCUT2D eigenvalue weighted by Crippen LogP contribution is -2.38. The van der Waals surface area contributed by atoms with Gasteiger partial charge in [0.1, 0.15) is 5.75 Å². The van der Waals surface area contributed by atoms with Crippen LogP contribution in [-0.2, 0) is 4.74 Å². The summed E-state index contributed by atoms with van der Waals surface area (Å²) >= 11 is 0. The maximum Gasteiger partial charge on any atom is 0.573 e. The number of nitrogens with zero attached hydrogens (tertiary/aromatic N) is 1. The lowest BCUT2D eigenvalue weighted by Gasteiger charge is -2.33. The van der Waals surface area contributed by atoms with Crippen molar-refractivity contribution in [2.75, 3.05) is 26.2 Å². The molecule has 0 spiro atoms. The lowest BCUT2D eigenvalue weighted by atomic mass is 10.1. The van der Waals surface area contributed by atoms with E-state index in [9.17, 15) is 13.2 Å². The van der Waals surface area contributed by atoms with Gasteiger partial charge in [-0.3, -0.25) is 4.90 Å². The SMILES string of the molecule is CCCN1CCOC(c2cccc(OC(F)(F)F)c2)C1. The Morgan fingerprint density at radius 3 is 2.90 bits per heavy atom. The summed E-state index contributed by atoms with van der Waals surface area (Å²) in [5, 5.41) is 0. The molecule has 1 fully saturated rings. The van der Waals surface area contributed by atoms with E-state index in [0.29, 0.717) is 18.7 Å². The molecule has 0 aromatic heterocycles. The van der Waals surface area contributed by atoms with E-state index in [0.717, 1.165) is 19.5 Å². The molecular formula is C14H18F3NO2. The summed E-state index contributed by atoms with van der Waals surface area (Å²) in [7, 11) is 0. The molecule has 0 aliphatic carbocycles. The normalized spacial score (nSPS) is 20.9. The molecular weight excluding hydrogens is 271 g/mol. The van der Waals surface area contributed by atoms with Crippen molar-refractivity contribution >= 4 is 0 Å². The first-order valence-electron chi connectivity index (χ1n) is 6.67. The highest BCUT2D eigenvalue weighted by atomic mass is 19.4. The summed E-state index contributed by atoms with van der Waals surface area (Å²) in [5.74, 6) is -0.203. The second kappa shape index (κ2) is 6.45. The summed E-state index contributed by atoms with van der Waals surface area (Å²) in [6.45, 7) is 5.22. The van der Waals surface area contributed by atoms with E-state index in [1.54, 1.807) is 12.1 Å². The third-order valence-corrected chi connectivity index (χ3v) is 3.15. The highest BCUT2D eigenvalue weighted by molar-refractivity contribution is 5.30. The minimum Gasteiger partial charge on any atom is -0.406 e. The number of ether oxygens (including phenoxy) is 2. The van der Waals surface area contributed by atoms with Crippen molar-refractivity contribution in [2.24, 2.45) is 0 Å². The zero-order valence-electron chi connectivity index (χ0n) is 11.3. The molecule has 1 unspecified atom stereocenters. The van der Waals surface area contributed by atoms with Crippen molar-refractivity contribution in [1.82, 2.24) is 4.90 Å². The van der Waals surface area contributed by atoms with E-state index >= 15 is 0 Å². The first-order valence-corrected chi connectivity index (χ1v) is 6.67. The van der Waals surface area contributed by atoms with Crippen LogP contribution in [0.25, 0.3) is 0 Å². The van der Waals surface area contributed by atoms with Gasteiger partial charge in [-0.1, -0.05) is 19.1 Å². The van der Waals surface area contributed by atoms with Crippen LogP contribution < -0.4 is 4.74 Å². The van der Waals surface area contributed by atoms with Gasteiger partial charge in [0.2, 0.25) is 0 Å². The van der Waals surface area contributed by atoms with E-state index < -0.39 is 6.36 Å². The van der Waals surface area contributed by atoms with Crippen LogP contribution in [0.15, 0.2) is 24.3 Å². The molecule has 1 heterocycles. The molecule has 0 saturated carbocycles. The Bertz CT molecular complexity index is 435. The van der Waals surface area contributed by atoms with E-state index in [2.05, 4.69) is 16.6 Å². The van der Waals surface area contributed by atoms with Crippen LogP contribution >= 0.6 is 0 Å². The van der Waals surface area contributed by atoms with Gasteiger partial charge in [0.25, 0.3) is 0 Å². The Morgan fingerprint density at radius 1 is 1.40 bits per heavy atom. The van der Waals surface area contributed by atoms with Crippen LogP contribution in [0.2, 0.25) is 0 Å². The molecule has 1 saturated heterocycles. The highest BCUT2D eigenvalue weighted by Crippen LogP contribution is 2.28. The maximum atomic E-state index is 12.2. The number of hydrogen-bond acceptors (Lipinski definition) is 3. The van der Waals surface area contributed by atoms with E-state index in [4.69, 9.17) is 4.74 Å². The topological polar surface area (TPSA) is 21.7 Å².